The summed E-state index contributed by atoms with van der Waals surface area (Å²) < 4.78 is 2.11. The molecule has 1 aliphatic carbocycles. The molecule has 0 saturated carbocycles. The van der Waals surface area contributed by atoms with Crippen LogP contribution in [0.2, 0.25) is 5.02 Å². The normalized spacial score (nSPS) is 13.4. The molecule has 1 aromatic carbocycles. The second-order valence-electron chi connectivity index (χ2n) is 6.66. The number of benzene rings is 1. The van der Waals surface area contributed by atoms with Gasteiger partial charge in [0.25, 0.3) is 0 Å². The van der Waals surface area contributed by atoms with Crippen molar-refractivity contribution >= 4 is 46.3 Å². The molecule has 0 radical (unpaired) electrons. The molecule has 28 heavy (non-hydrogen) atoms. The molecule has 0 fully saturated rings. The minimum Gasteiger partial charge on any atom is -0.325 e. The average Bonchev–Trinajstić information content (AvgIpc) is 3.29. The van der Waals surface area contributed by atoms with E-state index >= 15 is 0 Å². The zero-order valence-corrected chi connectivity index (χ0v) is 18.0. The van der Waals surface area contributed by atoms with E-state index in [2.05, 4.69) is 32.4 Å². The van der Waals surface area contributed by atoms with Crippen LogP contribution in [0.15, 0.2) is 34.8 Å². The van der Waals surface area contributed by atoms with Crippen LogP contribution in [0.3, 0.4) is 0 Å². The van der Waals surface area contributed by atoms with E-state index in [4.69, 9.17) is 11.6 Å². The van der Waals surface area contributed by atoms with E-state index in [1.165, 1.54) is 47.0 Å². The number of nitrogens with one attached hydrogen (secondary N) is 1. The molecular weight excluding hydrogens is 412 g/mol. The molecule has 1 N–H and O–H groups in total. The summed E-state index contributed by atoms with van der Waals surface area (Å²) in [6, 6.07) is 7.14. The number of anilines is 1. The monoisotopic (exact) mass is 432 g/mol. The average molecular weight is 433 g/mol. The second-order valence-corrected chi connectivity index (χ2v) is 9.00. The van der Waals surface area contributed by atoms with Gasteiger partial charge in [-0.1, -0.05) is 29.4 Å². The Kier molecular flexibility index (Phi) is 6.04. The van der Waals surface area contributed by atoms with Gasteiger partial charge in [0.05, 0.1) is 5.75 Å². The molecule has 0 aliphatic heterocycles. The number of aryl methyl sites for hydroxylation is 1. The Hall–Kier alpha value is -1.83. The number of fused-ring (bicyclic) bond motifs is 1. The first-order chi connectivity index (χ1) is 13.7. The van der Waals surface area contributed by atoms with Crippen LogP contribution in [0.5, 0.6) is 0 Å². The molecule has 0 saturated heterocycles. The number of hydrogen-bond donors (Lipinski definition) is 1. The van der Waals surface area contributed by atoms with Gasteiger partial charge in [-0.2, -0.15) is 0 Å². The fourth-order valence-electron chi connectivity index (χ4n) is 3.45. The first kappa shape index (κ1) is 19.5. The van der Waals surface area contributed by atoms with Crippen molar-refractivity contribution in [1.82, 2.24) is 14.8 Å². The van der Waals surface area contributed by atoms with Gasteiger partial charge in [-0.3, -0.25) is 4.79 Å². The SMILES string of the molecule is CCn1c(SCC(=O)Nc2cccc(Cl)c2)nnc1-c1csc2c1CCCC2. The minimum absolute atomic E-state index is 0.0904. The Morgan fingerprint density at radius 1 is 1.32 bits per heavy atom. The standard InChI is InChI=1S/C20H21ClN4OS2/c1-2-25-19(16-11-27-17-9-4-3-8-15(16)17)23-24-20(25)28-12-18(26)22-14-7-5-6-13(21)10-14/h5-7,10-11H,2-4,8-9,12H2,1H3,(H,22,26). The maximum absolute atomic E-state index is 12.3. The van der Waals surface area contributed by atoms with E-state index in [1.54, 1.807) is 12.1 Å². The van der Waals surface area contributed by atoms with E-state index in [1.807, 2.05) is 23.5 Å². The van der Waals surface area contributed by atoms with Crippen molar-refractivity contribution < 1.29 is 4.79 Å². The Morgan fingerprint density at radius 2 is 2.18 bits per heavy atom. The lowest BCUT2D eigenvalue weighted by Crippen LogP contribution is -2.14. The van der Waals surface area contributed by atoms with Crippen molar-refractivity contribution in [2.24, 2.45) is 0 Å². The quantitative estimate of drug-likeness (QED) is 0.537. The molecule has 0 spiro atoms. The third kappa shape index (κ3) is 4.11. The lowest BCUT2D eigenvalue weighted by atomic mass is 9.96. The zero-order valence-electron chi connectivity index (χ0n) is 15.6. The molecule has 8 heteroatoms. The molecule has 2 heterocycles. The van der Waals surface area contributed by atoms with Gasteiger partial charge in [0.1, 0.15) is 0 Å². The molecule has 0 unspecified atom stereocenters. The number of halogens is 1. The van der Waals surface area contributed by atoms with E-state index in [-0.39, 0.29) is 11.7 Å². The third-order valence-corrected chi connectivity index (χ3v) is 7.07. The predicted molar refractivity (Wildman–Crippen MR) is 116 cm³/mol. The van der Waals surface area contributed by atoms with E-state index in [0.717, 1.165) is 23.9 Å². The Labute approximate surface area is 177 Å². The van der Waals surface area contributed by atoms with Crippen LogP contribution in [0.1, 0.15) is 30.2 Å². The van der Waals surface area contributed by atoms with Crippen molar-refractivity contribution in [2.45, 2.75) is 44.3 Å². The van der Waals surface area contributed by atoms with E-state index in [9.17, 15) is 4.79 Å². The first-order valence-electron chi connectivity index (χ1n) is 9.36. The number of thioether (sulfide) groups is 1. The van der Waals surface area contributed by atoms with Gasteiger partial charge in [-0.25, -0.2) is 0 Å². The third-order valence-electron chi connectivity index (χ3n) is 4.78. The van der Waals surface area contributed by atoms with Crippen LogP contribution >= 0.6 is 34.7 Å². The Morgan fingerprint density at radius 3 is 3.00 bits per heavy atom. The highest BCUT2D eigenvalue weighted by molar-refractivity contribution is 7.99. The predicted octanol–water partition coefficient (Wildman–Crippen LogP) is 5.29. The van der Waals surface area contributed by atoms with Crippen LogP contribution in [0.25, 0.3) is 11.4 Å². The summed E-state index contributed by atoms with van der Waals surface area (Å²) in [5.41, 5.74) is 3.35. The largest absolute Gasteiger partial charge is 0.325 e. The molecule has 3 aromatic rings. The highest BCUT2D eigenvalue weighted by atomic mass is 35.5. The van der Waals surface area contributed by atoms with Crippen LogP contribution in [0.4, 0.5) is 5.69 Å². The molecule has 5 nitrogen and oxygen atoms in total. The van der Waals surface area contributed by atoms with Gasteiger partial charge in [-0.15, -0.1) is 21.5 Å². The van der Waals surface area contributed by atoms with Gasteiger partial charge in [0.2, 0.25) is 5.91 Å². The maximum atomic E-state index is 12.3. The van der Waals surface area contributed by atoms with Crippen LogP contribution in [-0.2, 0) is 24.2 Å². The summed E-state index contributed by atoms with van der Waals surface area (Å²) in [5.74, 6) is 1.10. The van der Waals surface area contributed by atoms with Crippen LogP contribution < -0.4 is 5.32 Å². The van der Waals surface area contributed by atoms with Crippen molar-refractivity contribution in [3.63, 3.8) is 0 Å². The number of hydrogen-bond acceptors (Lipinski definition) is 5. The number of thiophene rings is 1. The zero-order chi connectivity index (χ0) is 19.5. The minimum atomic E-state index is -0.0904. The summed E-state index contributed by atoms with van der Waals surface area (Å²) in [5, 5.41) is 15.3. The second kappa shape index (κ2) is 8.68. The highest BCUT2D eigenvalue weighted by Gasteiger charge is 2.22. The van der Waals surface area contributed by atoms with Gasteiger partial charge in [0, 0.05) is 33.1 Å². The number of carbonyl (C=O) groups excluding carboxylic acids is 1. The van der Waals surface area contributed by atoms with Crippen LogP contribution in [0, 0.1) is 0 Å². The molecule has 1 aliphatic rings. The molecule has 1 amide bonds. The van der Waals surface area contributed by atoms with Crippen molar-refractivity contribution in [3.8, 4) is 11.4 Å². The van der Waals surface area contributed by atoms with Crippen molar-refractivity contribution in [1.29, 1.82) is 0 Å². The Balaban J connectivity index is 1.47. The summed E-state index contributed by atoms with van der Waals surface area (Å²) in [6.45, 7) is 2.85. The van der Waals surface area contributed by atoms with Gasteiger partial charge in [0.15, 0.2) is 11.0 Å². The molecule has 146 valence electrons. The van der Waals surface area contributed by atoms with Gasteiger partial charge < -0.3 is 9.88 Å². The van der Waals surface area contributed by atoms with E-state index in [0.29, 0.717) is 10.7 Å². The fraction of sp³-hybridized carbons (Fsp3) is 0.350. The van der Waals surface area contributed by atoms with Crippen molar-refractivity contribution in [2.75, 3.05) is 11.1 Å². The highest BCUT2D eigenvalue weighted by Crippen LogP contribution is 2.36. The lowest BCUT2D eigenvalue weighted by molar-refractivity contribution is -0.113. The van der Waals surface area contributed by atoms with Crippen molar-refractivity contribution in [3.05, 3.63) is 45.1 Å². The summed E-state index contributed by atoms with van der Waals surface area (Å²) in [4.78, 5) is 13.8. The molecule has 4 rings (SSSR count). The first-order valence-corrected chi connectivity index (χ1v) is 11.6. The summed E-state index contributed by atoms with van der Waals surface area (Å²) >= 11 is 9.21. The molecule has 0 atom stereocenters. The van der Waals surface area contributed by atoms with Crippen LogP contribution in [-0.4, -0.2) is 26.4 Å². The van der Waals surface area contributed by atoms with Gasteiger partial charge >= 0.3 is 0 Å². The number of rotatable bonds is 6. The number of aromatic nitrogens is 3. The maximum Gasteiger partial charge on any atom is 0.234 e. The summed E-state index contributed by atoms with van der Waals surface area (Å²) in [7, 11) is 0. The Bertz CT molecular complexity index is 998. The van der Waals surface area contributed by atoms with Gasteiger partial charge in [-0.05, 0) is 56.4 Å². The molecule has 0 bridgehead atoms. The number of amides is 1. The molecular formula is C20H21ClN4OS2. The topological polar surface area (TPSA) is 59.8 Å². The van der Waals surface area contributed by atoms with E-state index < -0.39 is 0 Å². The number of nitrogens with zero attached hydrogens (tertiary/aromatic N) is 3. The smallest absolute Gasteiger partial charge is 0.234 e. The summed E-state index contributed by atoms with van der Waals surface area (Å²) in [6.07, 6.45) is 4.80. The lowest BCUT2D eigenvalue weighted by Gasteiger charge is -2.13. The fourth-order valence-corrected chi connectivity index (χ4v) is 5.57. The molecule has 2 aromatic heterocycles. The number of carbonyl (C=O) groups is 1.